The van der Waals surface area contributed by atoms with Gasteiger partial charge in [-0.1, -0.05) is 22.0 Å². The molecule has 0 atom stereocenters. The Kier molecular flexibility index (Phi) is 6.01. The predicted molar refractivity (Wildman–Crippen MR) is 119 cm³/mol. The Morgan fingerprint density at radius 3 is 2.59 bits per heavy atom. The van der Waals surface area contributed by atoms with E-state index in [1.54, 1.807) is 18.2 Å². The number of hydrazone groups is 1. The molecule has 0 bridgehead atoms. The molecule has 0 spiro atoms. The summed E-state index contributed by atoms with van der Waals surface area (Å²) in [4.78, 5) is 12.4. The van der Waals surface area contributed by atoms with Crippen LogP contribution in [0.4, 0.5) is 0 Å². The topological polar surface area (TPSA) is 66.6 Å². The quantitative estimate of drug-likeness (QED) is 0.281. The fourth-order valence-corrected chi connectivity index (χ4v) is 4.32. The molecule has 0 saturated heterocycles. The average molecular weight is 538 g/mol. The minimum absolute atomic E-state index is 0.123. The number of nitrogens with one attached hydrogen (secondary N) is 1. The van der Waals surface area contributed by atoms with Crippen LogP contribution in [-0.2, 0) is 0 Å². The second-order valence-electron chi connectivity index (χ2n) is 6.03. The summed E-state index contributed by atoms with van der Waals surface area (Å²) in [6.45, 7) is 4.05. The highest BCUT2D eigenvalue weighted by Gasteiger charge is 2.09. The van der Waals surface area contributed by atoms with E-state index < -0.39 is 0 Å². The van der Waals surface area contributed by atoms with Crippen molar-refractivity contribution in [2.75, 3.05) is 0 Å². The Morgan fingerprint density at radius 2 is 1.89 bits per heavy atom. The number of phenols is 1. The van der Waals surface area contributed by atoms with Gasteiger partial charge in [0.25, 0.3) is 5.91 Å². The first-order valence-corrected chi connectivity index (χ1v) is 10.0. The maximum absolute atomic E-state index is 12.4. The number of nitrogens with zero attached hydrogens (tertiary/aromatic N) is 2. The number of aromatic hydroxyl groups is 1. The highest BCUT2D eigenvalue weighted by Crippen LogP contribution is 2.27. The number of halogens is 2. The van der Waals surface area contributed by atoms with Crippen LogP contribution < -0.4 is 5.43 Å². The second-order valence-corrected chi connectivity index (χ2v) is 8.10. The summed E-state index contributed by atoms with van der Waals surface area (Å²) < 4.78 is 3.60. The molecule has 2 aromatic carbocycles. The van der Waals surface area contributed by atoms with Crippen molar-refractivity contribution in [2.45, 2.75) is 13.8 Å². The predicted octanol–water partition coefficient (Wildman–Crippen LogP) is 4.93. The standard InChI is InChI=1S/C20H17BrIN3O2/c1-12-6-7-13(2)25(12)17-5-3-4-14(9-17)20(27)24-23-11-15-8-16(21)10-18(22)19(15)26/h3-11,26H,1-2H3,(H,24,27). The maximum Gasteiger partial charge on any atom is 0.271 e. The van der Waals surface area contributed by atoms with Gasteiger partial charge >= 0.3 is 0 Å². The van der Waals surface area contributed by atoms with Gasteiger partial charge in [-0.15, -0.1) is 0 Å². The van der Waals surface area contributed by atoms with Crippen molar-refractivity contribution in [2.24, 2.45) is 5.10 Å². The molecule has 0 aliphatic heterocycles. The van der Waals surface area contributed by atoms with Crippen molar-refractivity contribution in [3.63, 3.8) is 0 Å². The van der Waals surface area contributed by atoms with Crippen molar-refractivity contribution < 1.29 is 9.90 Å². The average Bonchev–Trinajstić information content (AvgIpc) is 2.97. The monoisotopic (exact) mass is 537 g/mol. The molecule has 1 amide bonds. The molecule has 3 aromatic rings. The van der Waals surface area contributed by atoms with Crippen molar-refractivity contribution in [1.82, 2.24) is 9.99 Å². The highest BCUT2D eigenvalue weighted by atomic mass is 127. The third-order valence-electron chi connectivity index (χ3n) is 4.07. The Bertz CT molecular complexity index is 1020. The number of carbonyl (C=O) groups is 1. The van der Waals surface area contributed by atoms with Crippen molar-refractivity contribution >= 4 is 50.6 Å². The van der Waals surface area contributed by atoms with Crippen LogP contribution in [0.5, 0.6) is 5.75 Å². The van der Waals surface area contributed by atoms with Crippen LogP contribution in [0.3, 0.4) is 0 Å². The first-order chi connectivity index (χ1) is 12.9. The lowest BCUT2D eigenvalue weighted by Gasteiger charge is -2.10. The lowest BCUT2D eigenvalue weighted by Crippen LogP contribution is -2.18. The molecule has 0 fully saturated rings. The molecule has 0 saturated carbocycles. The number of benzene rings is 2. The van der Waals surface area contributed by atoms with Crippen LogP contribution in [0.15, 0.2) is 58.1 Å². The van der Waals surface area contributed by atoms with Gasteiger partial charge in [-0.3, -0.25) is 4.79 Å². The maximum atomic E-state index is 12.4. The normalized spacial score (nSPS) is 11.1. The van der Waals surface area contributed by atoms with Crippen molar-refractivity contribution in [3.8, 4) is 11.4 Å². The molecular formula is C20H17BrIN3O2. The molecule has 138 valence electrons. The summed E-state index contributed by atoms with van der Waals surface area (Å²) in [7, 11) is 0. The van der Waals surface area contributed by atoms with Gasteiger partial charge < -0.3 is 9.67 Å². The number of aryl methyl sites for hydroxylation is 2. The van der Waals surface area contributed by atoms with Gasteiger partial charge in [-0.25, -0.2) is 5.43 Å². The van der Waals surface area contributed by atoms with Crippen LogP contribution >= 0.6 is 38.5 Å². The van der Waals surface area contributed by atoms with E-state index in [0.29, 0.717) is 14.7 Å². The zero-order chi connectivity index (χ0) is 19.6. The number of amides is 1. The Hall–Kier alpha value is -2.13. The summed E-state index contributed by atoms with van der Waals surface area (Å²) in [5.74, 6) is -0.197. The van der Waals surface area contributed by atoms with Crippen molar-refractivity contribution in [1.29, 1.82) is 0 Å². The fourth-order valence-electron chi connectivity index (χ4n) is 2.77. The number of aromatic nitrogens is 1. The minimum atomic E-state index is -0.320. The molecule has 0 aliphatic rings. The summed E-state index contributed by atoms with van der Waals surface area (Å²) >= 11 is 5.41. The number of hydrogen-bond donors (Lipinski definition) is 2. The van der Waals surface area contributed by atoms with Gasteiger partial charge in [0, 0.05) is 32.7 Å². The van der Waals surface area contributed by atoms with Gasteiger partial charge in [0.15, 0.2) is 0 Å². The van der Waals surface area contributed by atoms with Crippen LogP contribution in [-0.4, -0.2) is 21.8 Å². The van der Waals surface area contributed by atoms with Gasteiger partial charge in [0.2, 0.25) is 0 Å². The third-order valence-corrected chi connectivity index (χ3v) is 5.35. The zero-order valence-electron chi connectivity index (χ0n) is 14.7. The van der Waals surface area contributed by atoms with E-state index in [1.807, 2.05) is 66.8 Å². The van der Waals surface area contributed by atoms with Crippen molar-refractivity contribution in [3.05, 3.63) is 79.1 Å². The Labute approximate surface area is 179 Å². The van der Waals surface area contributed by atoms with Gasteiger partial charge in [-0.05, 0) is 78.9 Å². The van der Waals surface area contributed by atoms with E-state index in [0.717, 1.165) is 21.5 Å². The first kappa shape index (κ1) is 19.6. The zero-order valence-corrected chi connectivity index (χ0v) is 18.4. The number of phenolic OH excluding ortho intramolecular Hbond substituents is 1. The number of hydrogen-bond acceptors (Lipinski definition) is 3. The second kappa shape index (κ2) is 8.26. The number of rotatable bonds is 4. The van der Waals surface area contributed by atoms with Crippen LogP contribution in [0, 0.1) is 17.4 Å². The van der Waals surface area contributed by atoms with E-state index in [4.69, 9.17) is 0 Å². The summed E-state index contributed by atoms with van der Waals surface area (Å²) in [6, 6.07) is 15.0. The lowest BCUT2D eigenvalue weighted by molar-refractivity contribution is 0.0955. The molecule has 1 aromatic heterocycles. The molecule has 0 radical (unpaired) electrons. The van der Waals surface area contributed by atoms with Gasteiger partial charge in [0.1, 0.15) is 5.75 Å². The Morgan fingerprint density at radius 1 is 1.19 bits per heavy atom. The largest absolute Gasteiger partial charge is 0.506 e. The molecule has 0 unspecified atom stereocenters. The molecule has 5 nitrogen and oxygen atoms in total. The third kappa shape index (κ3) is 4.41. The smallest absolute Gasteiger partial charge is 0.271 e. The molecule has 0 aliphatic carbocycles. The van der Waals surface area contributed by atoms with Gasteiger partial charge in [0.05, 0.1) is 9.78 Å². The summed E-state index contributed by atoms with van der Waals surface area (Å²) in [5, 5.41) is 14.0. The SMILES string of the molecule is Cc1ccc(C)n1-c1cccc(C(=O)NN=Cc2cc(Br)cc(I)c2O)c1. The first-order valence-electron chi connectivity index (χ1n) is 8.13. The number of carbonyl (C=O) groups excluding carboxylic acids is 1. The van der Waals surface area contributed by atoms with Crippen LogP contribution in [0.2, 0.25) is 0 Å². The fraction of sp³-hybridized carbons (Fsp3) is 0.100. The summed E-state index contributed by atoms with van der Waals surface area (Å²) in [5.41, 5.74) is 6.65. The van der Waals surface area contributed by atoms with E-state index in [2.05, 4.69) is 31.0 Å². The van der Waals surface area contributed by atoms with E-state index >= 15 is 0 Å². The molecular weight excluding hydrogens is 521 g/mol. The summed E-state index contributed by atoms with van der Waals surface area (Å²) in [6.07, 6.45) is 1.42. The lowest BCUT2D eigenvalue weighted by atomic mass is 10.2. The van der Waals surface area contributed by atoms with E-state index in [-0.39, 0.29) is 11.7 Å². The van der Waals surface area contributed by atoms with E-state index in [1.165, 1.54) is 6.21 Å². The highest BCUT2D eigenvalue weighted by molar-refractivity contribution is 14.1. The van der Waals surface area contributed by atoms with Crippen LogP contribution in [0.1, 0.15) is 27.3 Å². The molecule has 7 heteroatoms. The minimum Gasteiger partial charge on any atom is -0.506 e. The molecule has 3 rings (SSSR count). The van der Waals surface area contributed by atoms with Crippen LogP contribution in [0.25, 0.3) is 5.69 Å². The van der Waals surface area contributed by atoms with Gasteiger partial charge in [-0.2, -0.15) is 5.10 Å². The van der Waals surface area contributed by atoms with E-state index in [9.17, 15) is 9.90 Å². The molecule has 27 heavy (non-hydrogen) atoms. The Balaban J connectivity index is 1.79. The molecule has 2 N–H and O–H groups in total. The molecule has 1 heterocycles.